The molecular weight excluding hydrogens is 563 g/mol. The molecular formula is C23H25BrCl2N4O5. The third kappa shape index (κ3) is 11.1. The zero-order valence-electron chi connectivity index (χ0n) is 19.1. The van der Waals surface area contributed by atoms with Gasteiger partial charge in [-0.3, -0.25) is 14.4 Å². The number of ether oxygens (including phenoxy) is 2. The van der Waals surface area contributed by atoms with Crippen molar-refractivity contribution in [3.63, 3.8) is 0 Å². The zero-order chi connectivity index (χ0) is 25.8. The number of rotatable bonds is 11. The van der Waals surface area contributed by atoms with Crippen molar-refractivity contribution >= 4 is 68.8 Å². The lowest BCUT2D eigenvalue weighted by Crippen LogP contribution is -2.38. The summed E-state index contributed by atoms with van der Waals surface area (Å²) in [5.74, 6) is -1.82. The molecule has 0 aliphatic heterocycles. The molecule has 0 saturated carbocycles. The van der Waals surface area contributed by atoms with E-state index in [1.54, 1.807) is 36.4 Å². The van der Waals surface area contributed by atoms with Gasteiger partial charge in [0.2, 0.25) is 0 Å². The largest absolute Gasteiger partial charge is 0.483 e. The van der Waals surface area contributed by atoms with Gasteiger partial charge in [0.1, 0.15) is 5.75 Å². The fraction of sp³-hybridized carbons (Fsp3) is 0.304. The van der Waals surface area contributed by atoms with Gasteiger partial charge in [0.25, 0.3) is 5.91 Å². The molecule has 2 aromatic rings. The van der Waals surface area contributed by atoms with Crippen LogP contribution in [0.15, 0.2) is 46.0 Å². The number of carbonyl (C=O) groups is 3. The Bertz CT molecular complexity index is 1060. The summed E-state index contributed by atoms with van der Waals surface area (Å²) >= 11 is 15.2. The number of hydrazone groups is 1. The second-order valence-electron chi connectivity index (χ2n) is 7.41. The van der Waals surface area contributed by atoms with Crippen LogP contribution in [0.5, 0.6) is 5.75 Å². The van der Waals surface area contributed by atoms with Gasteiger partial charge in [-0.05, 0) is 56.7 Å². The Morgan fingerprint density at radius 1 is 1.09 bits per heavy atom. The van der Waals surface area contributed by atoms with E-state index in [-0.39, 0.29) is 12.7 Å². The van der Waals surface area contributed by atoms with Crippen molar-refractivity contribution in [2.45, 2.75) is 26.4 Å². The van der Waals surface area contributed by atoms with Crippen LogP contribution in [0.4, 0.5) is 5.69 Å². The lowest BCUT2D eigenvalue weighted by molar-refractivity contribution is -0.139. The predicted octanol–water partition coefficient (Wildman–Crippen LogP) is 4.15. The van der Waals surface area contributed by atoms with Gasteiger partial charge in [-0.15, -0.1) is 0 Å². The normalized spacial score (nSPS) is 10.9. The number of benzene rings is 2. The van der Waals surface area contributed by atoms with Crippen molar-refractivity contribution in [2.24, 2.45) is 5.10 Å². The summed E-state index contributed by atoms with van der Waals surface area (Å²) < 4.78 is 11.7. The lowest BCUT2D eigenvalue weighted by atomic mass is 10.2. The highest BCUT2D eigenvalue weighted by Gasteiger charge is 2.12. The number of carbonyl (C=O) groups excluding carboxylic acids is 3. The molecule has 0 spiro atoms. The molecule has 188 valence electrons. The first-order valence-electron chi connectivity index (χ1n) is 10.5. The fourth-order valence-corrected chi connectivity index (χ4v) is 3.51. The third-order valence-corrected chi connectivity index (χ3v) is 5.04. The molecule has 0 aliphatic carbocycles. The van der Waals surface area contributed by atoms with Gasteiger partial charge in [0, 0.05) is 38.9 Å². The van der Waals surface area contributed by atoms with Crippen LogP contribution in [0.3, 0.4) is 0 Å². The second-order valence-corrected chi connectivity index (χ2v) is 9.19. The number of nitrogens with zero attached hydrogens (tertiary/aromatic N) is 1. The molecule has 0 aromatic heterocycles. The van der Waals surface area contributed by atoms with Crippen LogP contribution in [-0.2, 0) is 19.1 Å². The van der Waals surface area contributed by atoms with E-state index in [0.29, 0.717) is 46.6 Å². The van der Waals surface area contributed by atoms with Crippen molar-refractivity contribution in [3.8, 4) is 5.75 Å². The minimum atomic E-state index is -0.914. The molecule has 3 amide bonds. The van der Waals surface area contributed by atoms with Crippen LogP contribution < -0.4 is 20.8 Å². The summed E-state index contributed by atoms with van der Waals surface area (Å²) in [7, 11) is 0. The van der Waals surface area contributed by atoms with Crippen molar-refractivity contribution in [3.05, 3.63) is 56.5 Å². The maximum Gasteiger partial charge on any atom is 0.329 e. The van der Waals surface area contributed by atoms with Gasteiger partial charge in [-0.2, -0.15) is 5.10 Å². The highest BCUT2D eigenvalue weighted by molar-refractivity contribution is 9.10. The minimum absolute atomic E-state index is 0.103. The van der Waals surface area contributed by atoms with Gasteiger partial charge in [0.15, 0.2) is 6.61 Å². The first-order chi connectivity index (χ1) is 16.6. The smallest absolute Gasteiger partial charge is 0.329 e. The topological polar surface area (TPSA) is 118 Å². The van der Waals surface area contributed by atoms with Crippen molar-refractivity contribution in [1.29, 1.82) is 0 Å². The molecule has 2 aromatic carbocycles. The van der Waals surface area contributed by atoms with E-state index in [9.17, 15) is 14.4 Å². The Balaban J connectivity index is 1.87. The molecule has 0 bridgehead atoms. The summed E-state index contributed by atoms with van der Waals surface area (Å²) in [5.41, 5.74) is 3.05. The van der Waals surface area contributed by atoms with Gasteiger partial charge < -0.3 is 20.1 Å². The highest BCUT2D eigenvalue weighted by Crippen LogP contribution is 2.23. The second kappa shape index (κ2) is 14.7. The molecule has 0 aliphatic rings. The van der Waals surface area contributed by atoms with E-state index in [4.69, 9.17) is 32.7 Å². The average molecular weight is 588 g/mol. The molecule has 0 heterocycles. The Labute approximate surface area is 221 Å². The van der Waals surface area contributed by atoms with Crippen molar-refractivity contribution in [1.82, 2.24) is 10.7 Å². The van der Waals surface area contributed by atoms with Crippen LogP contribution >= 0.6 is 39.1 Å². The molecule has 0 atom stereocenters. The van der Waals surface area contributed by atoms with Gasteiger partial charge >= 0.3 is 11.8 Å². The minimum Gasteiger partial charge on any atom is -0.483 e. The van der Waals surface area contributed by atoms with Crippen LogP contribution in [-0.4, -0.2) is 49.8 Å². The Kier molecular flexibility index (Phi) is 12.0. The van der Waals surface area contributed by atoms with Crippen LogP contribution in [0.2, 0.25) is 10.0 Å². The van der Waals surface area contributed by atoms with E-state index in [1.165, 1.54) is 6.21 Å². The van der Waals surface area contributed by atoms with Crippen molar-refractivity contribution < 1.29 is 23.9 Å². The van der Waals surface area contributed by atoms with Gasteiger partial charge in [-0.25, -0.2) is 5.43 Å². The number of hydrogen-bond donors (Lipinski definition) is 3. The molecule has 0 radical (unpaired) electrons. The first kappa shape index (κ1) is 28.6. The Morgan fingerprint density at radius 2 is 1.80 bits per heavy atom. The van der Waals surface area contributed by atoms with Crippen LogP contribution in [0.1, 0.15) is 25.8 Å². The maximum absolute atomic E-state index is 12.3. The number of hydrogen-bond acceptors (Lipinski definition) is 6. The van der Waals surface area contributed by atoms with Crippen LogP contribution in [0, 0.1) is 0 Å². The average Bonchev–Trinajstić information content (AvgIpc) is 2.77. The number of anilines is 1. The first-order valence-corrected chi connectivity index (χ1v) is 12.1. The predicted molar refractivity (Wildman–Crippen MR) is 139 cm³/mol. The molecule has 9 nitrogen and oxygen atoms in total. The zero-order valence-corrected chi connectivity index (χ0v) is 22.2. The Hall–Kier alpha value is -2.66. The lowest BCUT2D eigenvalue weighted by Gasteiger charge is -2.10. The summed E-state index contributed by atoms with van der Waals surface area (Å²) in [6.45, 7) is 4.31. The highest BCUT2D eigenvalue weighted by atomic mass is 79.9. The SMILES string of the molecule is CC(C)OCCCNC(=O)C(=O)N/N=C\c1cc(Br)ccc1OCC(=O)Nc1cc(Cl)cc(Cl)c1. The maximum atomic E-state index is 12.3. The summed E-state index contributed by atoms with van der Waals surface area (Å²) in [6.07, 6.45) is 1.99. The fourth-order valence-electron chi connectivity index (χ4n) is 2.60. The molecule has 0 fully saturated rings. The molecule has 3 N–H and O–H groups in total. The molecule has 35 heavy (non-hydrogen) atoms. The summed E-state index contributed by atoms with van der Waals surface area (Å²) in [4.78, 5) is 36.0. The number of nitrogens with one attached hydrogen (secondary N) is 3. The van der Waals surface area contributed by atoms with Gasteiger partial charge in [0.05, 0.1) is 12.3 Å². The van der Waals surface area contributed by atoms with Gasteiger partial charge in [-0.1, -0.05) is 39.1 Å². The number of halogens is 3. The summed E-state index contributed by atoms with van der Waals surface area (Å²) in [6, 6.07) is 9.68. The summed E-state index contributed by atoms with van der Waals surface area (Å²) in [5, 5.41) is 9.70. The third-order valence-electron chi connectivity index (χ3n) is 4.11. The molecule has 12 heteroatoms. The standard InChI is InChI=1S/C23H25BrCl2N4O5/c1-14(2)34-7-3-6-27-22(32)23(33)30-28-12-15-8-16(24)4-5-20(15)35-13-21(31)29-19-10-17(25)9-18(26)11-19/h4-5,8-12,14H,3,6-7,13H2,1-2H3,(H,27,32)(H,29,31)(H,30,33)/b28-12-. The quantitative estimate of drug-likeness (QED) is 0.158. The van der Waals surface area contributed by atoms with E-state index in [1.807, 2.05) is 13.8 Å². The van der Waals surface area contributed by atoms with E-state index in [0.717, 1.165) is 4.47 Å². The Morgan fingerprint density at radius 3 is 2.49 bits per heavy atom. The molecule has 0 unspecified atom stereocenters. The van der Waals surface area contributed by atoms with E-state index in [2.05, 4.69) is 37.1 Å². The monoisotopic (exact) mass is 586 g/mol. The van der Waals surface area contributed by atoms with E-state index >= 15 is 0 Å². The molecule has 2 rings (SSSR count). The van der Waals surface area contributed by atoms with Crippen LogP contribution in [0.25, 0.3) is 0 Å². The van der Waals surface area contributed by atoms with E-state index < -0.39 is 17.7 Å². The van der Waals surface area contributed by atoms with Crippen molar-refractivity contribution in [2.75, 3.05) is 25.1 Å². The molecule has 0 saturated heterocycles. The number of amides is 3.